The summed E-state index contributed by atoms with van der Waals surface area (Å²) in [6, 6.07) is 16.4. The highest BCUT2D eigenvalue weighted by Crippen LogP contribution is 2.12. The van der Waals surface area contributed by atoms with E-state index < -0.39 is 5.91 Å². The van der Waals surface area contributed by atoms with Gasteiger partial charge in [-0.25, -0.2) is 0 Å². The van der Waals surface area contributed by atoms with E-state index >= 15 is 0 Å². The lowest BCUT2D eigenvalue weighted by Crippen LogP contribution is -2.23. The Balaban J connectivity index is 1.58. The highest BCUT2D eigenvalue weighted by molar-refractivity contribution is 6.02. The Hall–Kier alpha value is -3.87. The van der Waals surface area contributed by atoms with Crippen LogP contribution in [0.4, 0.5) is 5.69 Å². The predicted octanol–water partition coefficient (Wildman–Crippen LogP) is 2.56. The Kier molecular flexibility index (Phi) is 5.32. The average Bonchev–Trinajstić information content (AvgIpc) is 3.22. The standard InChI is InChI=1S/C20H17N3O4/c21-18(24)15-4-1-3-13(11-15)12-22-19(25)14-6-8-16(9-7-14)23-20(26)17-5-2-10-27-17/h1-11H,12H2,(H2,21,24)(H,22,25)(H,23,26). The molecule has 27 heavy (non-hydrogen) atoms. The molecule has 0 spiro atoms. The predicted molar refractivity (Wildman–Crippen MR) is 99.2 cm³/mol. The first-order valence-corrected chi connectivity index (χ1v) is 8.15. The number of anilines is 1. The third-order valence-corrected chi connectivity index (χ3v) is 3.81. The van der Waals surface area contributed by atoms with E-state index in [0.717, 1.165) is 5.56 Å². The van der Waals surface area contributed by atoms with E-state index in [1.165, 1.54) is 6.26 Å². The number of amides is 3. The van der Waals surface area contributed by atoms with Crippen LogP contribution in [0, 0.1) is 0 Å². The number of furan rings is 1. The highest BCUT2D eigenvalue weighted by Gasteiger charge is 2.10. The Morgan fingerprint density at radius 3 is 2.33 bits per heavy atom. The summed E-state index contributed by atoms with van der Waals surface area (Å²) in [6.45, 7) is 0.261. The monoisotopic (exact) mass is 363 g/mol. The molecule has 3 amide bonds. The van der Waals surface area contributed by atoms with E-state index in [-0.39, 0.29) is 24.1 Å². The molecule has 0 bridgehead atoms. The minimum absolute atomic E-state index is 0.204. The van der Waals surface area contributed by atoms with Gasteiger partial charge >= 0.3 is 0 Å². The molecule has 0 radical (unpaired) electrons. The van der Waals surface area contributed by atoms with Crippen molar-refractivity contribution < 1.29 is 18.8 Å². The van der Waals surface area contributed by atoms with Crippen LogP contribution in [0.5, 0.6) is 0 Å². The molecule has 0 fully saturated rings. The molecule has 7 heteroatoms. The number of hydrogen-bond acceptors (Lipinski definition) is 4. The molecule has 2 aromatic carbocycles. The van der Waals surface area contributed by atoms with Crippen molar-refractivity contribution in [1.29, 1.82) is 0 Å². The van der Waals surface area contributed by atoms with Gasteiger partial charge in [0.1, 0.15) is 0 Å². The van der Waals surface area contributed by atoms with E-state index in [2.05, 4.69) is 10.6 Å². The second kappa shape index (κ2) is 8.01. The minimum atomic E-state index is -0.518. The van der Waals surface area contributed by atoms with Crippen LogP contribution in [0.3, 0.4) is 0 Å². The molecule has 0 saturated carbocycles. The van der Waals surface area contributed by atoms with E-state index in [4.69, 9.17) is 10.2 Å². The molecule has 136 valence electrons. The third-order valence-electron chi connectivity index (χ3n) is 3.81. The van der Waals surface area contributed by atoms with Crippen LogP contribution in [0.25, 0.3) is 0 Å². The summed E-state index contributed by atoms with van der Waals surface area (Å²) in [6.07, 6.45) is 1.42. The van der Waals surface area contributed by atoms with Crippen LogP contribution in [0.1, 0.15) is 36.8 Å². The van der Waals surface area contributed by atoms with Crippen molar-refractivity contribution in [2.24, 2.45) is 5.73 Å². The van der Waals surface area contributed by atoms with Gasteiger partial charge in [0.25, 0.3) is 11.8 Å². The summed E-state index contributed by atoms with van der Waals surface area (Å²) in [7, 11) is 0. The van der Waals surface area contributed by atoms with Gasteiger partial charge in [-0.05, 0) is 54.1 Å². The zero-order chi connectivity index (χ0) is 19.2. The Bertz CT molecular complexity index is 963. The smallest absolute Gasteiger partial charge is 0.291 e. The lowest BCUT2D eigenvalue weighted by Gasteiger charge is -2.08. The number of primary amides is 1. The maximum Gasteiger partial charge on any atom is 0.291 e. The lowest BCUT2D eigenvalue weighted by atomic mass is 10.1. The van der Waals surface area contributed by atoms with Crippen LogP contribution in [0.15, 0.2) is 71.3 Å². The topological polar surface area (TPSA) is 114 Å². The molecule has 0 aliphatic carbocycles. The first kappa shape index (κ1) is 17.9. The summed E-state index contributed by atoms with van der Waals surface area (Å²) >= 11 is 0. The van der Waals surface area contributed by atoms with Gasteiger partial charge < -0.3 is 20.8 Å². The number of nitrogens with one attached hydrogen (secondary N) is 2. The van der Waals surface area contributed by atoms with Gasteiger partial charge in [0.15, 0.2) is 5.76 Å². The first-order valence-electron chi connectivity index (χ1n) is 8.15. The van der Waals surface area contributed by atoms with Crippen molar-refractivity contribution in [2.45, 2.75) is 6.54 Å². The van der Waals surface area contributed by atoms with Gasteiger partial charge in [0.2, 0.25) is 5.91 Å². The largest absolute Gasteiger partial charge is 0.459 e. The van der Waals surface area contributed by atoms with Crippen molar-refractivity contribution in [1.82, 2.24) is 5.32 Å². The molecule has 0 unspecified atom stereocenters. The van der Waals surface area contributed by atoms with Gasteiger partial charge in [0.05, 0.1) is 6.26 Å². The summed E-state index contributed by atoms with van der Waals surface area (Å²) in [4.78, 5) is 35.4. The van der Waals surface area contributed by atoms with Crippen LogP contribution in [-0.2, 0) is 6.54 Å². The van der Waals surface area contributed by atoms with E-state index in [1.54, 1.807) is 60.7 Å². The molecule has 0 saturated heterocycles. The molecular weight excluding hydrogens is 346 g/mol. The zero-order valence-corrected chi connectivity index (χ0v) is 14.3. The van der Waals surface area contributed by atoms with Gasteiger partial charge in [-0.15, -0.1) is 0 Å². The van der Waals surface area contributed by atoms with E-state index in [1.807, 2.05) is 0 Å². The molecule has 7 nitrogen and oxygen atoms in total. The van der Waals surface area contributed by atoms with Gasteiger partial charge in [-0.3, -0.25) is 14.4 Å². The van der Waals surface area contributed by atoms with Crippen molar-refractivity contribution in [3.63, 3.8) is 0 Å². The van der Waals surface area contributed by atoms with Crippen LogP contribution in [0.2, 0.25) is 0 Å². The van der Waals surface area contributed by atoms with Crippen molar-refractivity contribution >= 4 is 23.4 Å². The van der Waals surface area contributed by atoms with Crippen molar-refractivity contribution in [3.8, 4) is 0 Å². The number of benzene rings is 2. The maximum atomic E-state index is 12.3. The fourth-order valence-electron chi connectivity index (χ4n) is 2.42. The van der Waals surface area contributed by atoms with Crippen LogP contribution in [-0.4, -0.2) is 17.7 Å². The summed E-state index contributed by atoms with van der Waals surface area (Å²) in [5.74, 6) is -0.958. The molecule has 1 aromatic heterocycles. The average molecular weight is 363 g/mol. The maximum absolute atomic E-state index is 12.3. The van der Waals surface area contributed by atoms with Gasteiger partial charge in [0, 0.05) is 23.4 Å². The molecular formula is C20H17N3O4. The number of hydrogen-bond donors (Lipinski definition) is 3. The summed E-state index contributed by atoms with van der Waals surface area (Å²) < 4.78 is 5.02. The molecule has 3 rings (SSSR count). The number of carbonyl (C=O) groups is 3. The fraction of sp³-hybridized carbons (Fsp3) is 0.0500. The van der Waals surface area contributed by atoms with Gasteiger partial charge in [-0.1, -0.05) is 12.1 Å². The van der Waals surface area contributed by atoms with E-state index in [0.29, 0.717) is 16.8 Å². The molecule has 0 atom stereocenters. The second-order valence-corrected chi connectivity index (χ2v) is 5.76. The van der Waals surface area contributed by atoms with Gasteiger partial charge in [-0.2, -0.15) is 0 Å². The van der Waals surface area contributed by atoms with E-state index in [9.17, 15) is 14.4 Å². The molecule has 0 aliphatic rings. The second-order valence-electron chi connectivity index (χ2n) is 5.76. The normalized spacial score (nSPS) is 10.2. The van der Waals surface area contributed by atoms with Crippen LogP contribution >= 0.6 is 0 Å². The van der Waals surface area contributed by atoms with Crippen molar-refractivity contribution in [3.05, 3.63) is 89.4 Å². The number of rotatable bonds is 6. The first-order chi connectivity index (χ1) is 13.0. The number of nitrogens with two attached hydrogens (primary N) is 1. The van der Waals surface area contributed by atoms with Crippen LogP contribution < -0.4 is 16.4 Å². The Morgan fingerprint density at radius 1 is 0.889 bits per heavy atom. The highest BCUT2D eigenvalue weighted by atomic mass is 16.3. The minimum Gasteiger partial charge on any atom is -0.459 e. The zero-order valence-electron chi connectivity index (χ0n) is 14.3. The third kappa shape index (κ3) is 4.60. The van der Waals surface area contributed by atoms with Crippen molar-refractivity contribution in [2.75, 3.05) is 5.32 Å². The Morgan fingerprint density at radius 2 is 1.67 bits per heavy atom. The lowest BCUT2D eigenvalue weighted by molar-refractivity contribution is 0.0949. The fourth-order valence-corrected chi connectivity index (χ4v) is 2.42. The molecule has 1 heterocycles. The summed E-state index contributed by atoms with van der Waals surface area (Å²) in [5, 5.41) is 5.45. The molecule has 0 aliphatic heterocycles. The molecule has 3 aromatic rings. The number of carbonyl (C=O) groups excluding carboxylic acids is 3. The summed E-state index contributed by atoms with van der Waals surface area (Å²) in [5.41, 5.74) is 7.39. The quantitative estimate of drug-likeness (QED) is 0.624. The molecule has 4 N–H and O–H groups in total. The SMILES string of the molecule is NC(=O)c1cccc(CNC(=O)c2ccc(NC(=O)c3ccco3)cc2)c1. The Labute approximate surface area is 155 Å².